The van der Waals surface area contributed by atoms with Crippen molar-refractivity contribution >= 4 is 34.7 Å². The minimum absolute atomic E-state index is 0.00559. The Morgan fingerprint density at radius 2 is 1.61 bits per heavy atom. The molecule has 2 aliphatic heterocycles. The van der Waals surface area contributed by atoms with Gasteiger partial charge in [0.2, 0.25) is 0 Å². The lowest BCUT2D eigenvalue weighted by Gasteiger charge is -2.42. The second-order valence-corrected chi connectivity index (χ2v) is 10.2. The number of piperidine rings is 1. The molecule has 0 aliphatic carbocycles. The molecule has 0 saturated carbocycles. The first kappa shape index (κ1) is 29.2. The number of hydrogen-bond acceptors (Lipinski definition) is 8. The van der Waals surface area contributed by atoms with E-state index in [1.165, 1.54) is 12.4 Å². The summed E-state index contributed by atoms with van der Waals surface area (Å²) in [7, 11) is 0. The minimum atomic E-state index is -4.91. The molecular formula is C26H20F7N9O2. The smallest absolute Gasteiger partial charge is 0.355 e. The average Bonchev–Trinajstić information content (AvgIpc) is 3.44. The lowest BCUT2D eigenvalue weighted by molar-refractivity contribution is -0.141. The number of carbonyl (C=O) groups excluding carboxylic acids is 2. The van der Waals surface area contributed by atoms with Crippen molar-refractivity contribution in [2.24, 2.45) is 0 Å². The number of benzene rings is 1. The fourth-order valence-corrected chi connectivity index (χ4v) is 5.47. The van der Waals surface area contributed by atoms with E-state index >= 15 is 0 Å². The molecule has 3 aromatic heterocycles. The van der Waals surface area contributed by atoms with Gasteiger partial charge in [0, 0.05) is 25.7 Å². The number of carbonyl (C=O) groups is 2. The number of hydrogen-bond donors (Lipinski definition) is 0. The van der Waals surface area contributed by atoms with Gasteiger partial charge >= 0.3 is 12.2 Å². The highest BCUT2D eigenvalue weighted by Crippen LogP contribution is 2.41. The predicted molar refractivity (Wildman–Crippen MR) is 137 cm³/mol. The first-order valence-corrected chi connectivity index (χ1v) is 13.1. The maximum Gasteiger partial charge on any atom is 0.434 e. The number of alkyl halides is 5. The van der Waals surface area contributed by atoms with Gasteiger partial charge in [-0.2, -0.15) is 18.3 Å². The molecule has 11 nitrogen and oxygen atoms in total. The molecule has 5 heterocycles. The molecule has 0 atom stereocenters. The molecule has 0 radical (unpaired) electrons. The van der Waals surface area contributed by atoms with Crippen LogP contribution in [-0.2, 0) is 24.1 Å². The van der Waals surface area contributed by atoms with Gasteiger partial charge in [-0.25, -0.2) is 46.9 Å². The molecule has 2 fully saturated rings. The highest BCUT2D eigenvalue weighted by atomic mass is 19.4. The van der Waals surface area contributed by atoms with E-state index in [2.05, 4.69) is 25.0 Å². The van der Waals surface area contributed by atoms with Gasteiger partial charge in [-0.3, -0.25) is 9.78 Å². The van der Waals surface area contributed by atoms with Crippen LogP contribution >= 0.6 is 0 Å². The molecule has 1 spiro atoms. The van der Waals surface area contributed by atoms with Crippen molar-refractivity contribution in [3.05, 3.63) is 65.9 Å². The SMILES string of the molecule is O=C1N(c2cncc(C(F)(F)F)n2)C(=O)C2(CCN(c3cnc4cnn(CC(F)F)c4n3)CC2)N1Cc1cc(F)cc(F)c1. The third kappa shape index (κ3) is 5.13. The van der Waals surface area contributed by atoms with E-state index in [0.29, 0.717) is 17.2 Å². The number of urea groups is 1. The van der Waals surface area contributed by atoms with Crippen LogP contribution in [0.5, 0.6) is 0 Å². The second kappa shape index (κ2) is 10.7. The topological polar surface area (TPSA) is 113 Å². The van der Waals surface area contributed by atoms with Crippen molar-refractivity contribution in [1.82, 2.24) is 34.6 Å². The molecular weight excluding hydrogens is 603 g/mol. The Bertz CT molecular complexity index is 1740. The van der Waals surface area contributed by atoms with Gasteiger partial charge in [-0.15, -0.1) is 0 Å². The van der Waals surface area contributed by atoms with Crippen LogP contribution in [0.3, 0.4) is 0 Å². The molecule has 6 rings (SSSR count). The lowest BCUT2D eigenvalue weighted by atomic mass is 9.85. The van der Waals surface area contributed by atoms with E-state index in [1.807, 2.05) is 0 Å². The van der Waals surface area contributed by atoms with Crippen molar-refractivity contribution in [2.45, 2.75) is 44.1 Å². The number of nitrogens with zero attached hydrogens (tertiary/aromatic N) is 9. The van der Waals surface area contributed by atoms with Crippen LogP contribution < -0.4 is 9.80 Å². The van der Waals surface area contributed by atoms with Crippen LogP contribution in [-0.4, -0.2) is 71.6 Å². The molecule has 0 unspecified atom stereocenters. The monoisotopic (exact) mass is 623 g/mol. The third-order valence-electron chi connectivity index (χ3n) is 7.50. The highest BCUT2D eigenvalue weighted by Gasteiger charge is 2.59. The summed E-state index contributed by atoms with van der Waals surface area (Å²) in [5.74, 6) is -3.12. The molecule has 44 heavy (non-hydrogen) atoms. The zero-order valence-electron chi connectivity index (χ0n) is 22.3. The Labute approximate surface area is 242 Å². The van der Waals surface area contributed by atoms with Crippen molar-refractivity contribution in [3.8, 4) is 0 Å². The maximum absolute atomic E-state index is 14.0. The third-order valence-corrected chi connectivity index (χ3v) is 7.50. The molecule has 4 aromatic rings. The van der Waals surface area contributed by atoms with Gasteiger partial charge in [-0.1, -0.05) is 0 Å². The first-order chi connectivity index (χ1) is 20.9. The van der Waals surface area contributed by atoms with Crippen LogP contribution in [0.15, 0.2) is 43.0 Å². The standard InChI is InChI=1S/C26H20F7N9O2/c27-15-5-14(6-16(28)7-15)12-40-24(44)42(21-10-34-9-18(37-21)26(31,32)33)23(43)25(40)1-3-39(4-2-25)20-11-35-17-8-36-41(13-19(29)30)22(17)38-20/h5-11,19H,1-4,12-13H2. The molecule has 2 aliphatic rings. The molecule has 18 heteroatoms. The van der Waals surface area contributed by atoms with Gasteiger partial charge in [0.15, 0.2) is 17.2 Å². The summed E-state index contributed by atoms with van der Waals surface area (Å²) in [5, 5.41) is 3.88. The number of anilines is 2. The van der Waals surface area contributed by atoms with Gasteiger partial charge < -0.3 is 9.80 Å². The second-order valence-electron chi connectivity index (χ2n) is 10.2. The van der Waals surface area contributed by atoms with E-state index in [1.54, 1.807) is 4.90 Å². The number of imide groups is 1. The minimum Gasteiger partial charge on any atom is -0.355 e. The average molecular weight is 623 g/mol. The molecule has 3 amide bonds. The lowest BCUT2D eigenvalue weighted by Crippen LogP contribution is -2.56. The molecule has 2 saturated heterocycles. The molecule has 0 bridgehead atoms. The highest BCUT2D eigenvalue weighted by molar-refractivity contribution is 6.22. The normalized spacial score (nSPS) is 17.1. The maximum atomic E-state index is 14.0. The largest absolute Gasteiger partial charge is 0.434 e. The number of amides is 3. The van der Waals surface area contributed by atoms with Crippen LogP contribution in [0, 0.1) is 11.6 Å². The summed E-state index contributed by atoms with van der Waals surface area (Å²) >= 11 is 0. The molecule has 1 aromatic carbocycles. The Hall–Kier alpha value is -4.90. The number of aromatic nitrogens is 6. The van der Waals surface area contributed by atoms with Crippen LogP contribution in [0.25, 0.3) is 11.2 Å². The fourth-order valence-electron chi connectivity index (χ4n) is 5.47. The quantitative estimate of drug-likeness (QED) is 0.232. The first-order valence-electron chi connectivity index (χ1n) is 13.1. The zero-order chi connectivity index (χ0) is 31.4. The summed E-state index contributed by atoms with van der Waals surface area (Å²) in [4.78, 5) is 46.5. The summed E-state index contributed by atoms with van der Waals surface area (Å²) < 4.78 is 95.2. The van der Waals surface area contributed by atoms with Crippen LogP contribution in [0.2, 0.25) is 0 Å². The summed E-state index contributed by atoms with van der Waals surface area (Å²) in [5.41, 5.74) is -2.66. The van der Waals surface area contributed by atoms with Gasteiger partial charge in [0.05, 0.1) is 24.8 Å². The molecule has 0 N–H and O–H groups in total. The Kier molecular flexibility index (Phi) is 7.08. The van der Waals surface area contributed by atoms with E-state index < -0.39 is 66.3 Å². The zero-order valence-corrected chi connectivity index (χ0v) is 22.3. The Balaban J connectivity index is 1.34. The summed E-state index contributed by atoms with van der Waals surface area (Å²) in [6, 6.07) is 1.54. The summed E-state index contributed by atoms with van der Waals surface area (Å²) in [6.07, 6.45) is -3.78. The van der Waals surface area contributed by atoms with Crippen molar-refractivity contribution in [1.29, 1.82) is 0 Å². The Morgan fingerprint density at radius 1 is 0.909 bits per heavy atom. The van der Waals surface area contributed by atoms with Crippen molar-refractivity contribution in [2.75, 3.05) is 22.9 Å². The van der Waals surface area contributed by atoms with E-state index in [4.69, 9.17) is 0 Å². The Morgan fingerprint density at radius 3 is 2.27 bits per heavy atom. The summed E-state index contributed by atoms with van der Waals surface area (Å²) in [6.45, 7) is -1.01. The molecule has 230 valence electrons. The predicted octanol–water partition coefficient (Wildman–Crippen LogP) is 4.19. The van der Waals surface area contributed by atoms with Crippen molar-refractivity contribution in [3.63, 3.8) is 0 Å². The van der Waals surface area contributed by atoms with Crippen LogP contribution in [0.4, 0.5) is 47.2 Å². The number of halogens is 7. The van der Waals surface area contributed by atoms with E-state index in [-0.39, 0.29) is 48.5 Å². The fraction of sp³-hybridized carbons (Fsp3) is 0.346. The number of rotatable bonds is 6. The number of fused-ring (bicyclic) bond motifs is 1. The van der Waals surface area contributed by atoms with Gasteiger partial charge in [0.1, 0.15) is 35.1 Å². The van der Waals surface area contributed by atoms with E-state index in [0.717, 1.165) is 27.9 Å². The van der Waals surface area contributed by atoms with Gasteiger partial charge in [0.25, 0.3) is 12.3 Å². The van der Waals surface area contributed by atoms with E-state index in [9.17, 15) is 40.3 Å². The van der Waals surface area contributed by atoms with Crippen LogP contribution in [0.1, 0.15) is 24.1 Å². The van der Waals surface area contributed by atoms with Crippen molar-refractivity contribution < 1.29 is 40.3 Å². The van der Waals surface area contributed by atoms with Gasteiger partial charge in [-0.05, 0) is 30.5 Å².